The van der Waals surface area contributed by atoms with Gasteiger partial charge in [-0.2, -0.15) is 0 Å². The molecule has 83 heavy (non-hydrogen) atoms. The predicted molar refractivity (Wildman–Crippen MR) is 314 cm³/mol. The highest BCUT2D eigenvalue weighted by atomic mass is 35.5. The molecule has 0 aliphatic carbocycles. The van der Waals surface area contributed by atoms with Gasteiger partial charge >= 0.3 is 0 Å². The number of benzene rings is 6. The first-order chi connectivity index (χ1) is 38.7. The lowest BCUT2D eigenvalue weighted by atomic mass is 9.80. The zero-order chi connectivity index (χ0) is 56.2. The highest BCUT2D eigenvalue weighted by Crippen LogP contribution is 2.37. The number of piperidine rings is 2. The van der Waals surface area contributed by atoms with Gasteiger partial charge in [-0.1, -0.05) is 133 Å². The zero-order valence-corrected chi connectivity index (χ0v) is 48.3. The first kappa shape index (κ1) is 65.5. The number of hydrogen-bond donors (Lipinski definition) is 2. The fraction of sp³-hybridized carbons (Fsp3) is 0.375. The molecule has 19 heteroatoms. The van der Waals surface area contributed by atoms with Gasteiger partial charge in [-0.25, -0.2) is 17.6 Å². The lowest BCUT2D eigenvalue weighted by molar-refractivity contribution is -0.165. The van der Waals surface area contributed by atoms with Crippen LogP contribution in [0.1, 0.15) is 98.0 Å². The van der Waals surface area contributed by atoms with Crippen molar-refractivity contribution in [2.75, 3.05) is 52.4 Å². The van der Waals surface area contributed by atoms with Crippen molar-refractivity contribution >= 4 is 48.4 Å². The van der Waals surface area contributed by atoms with Crippen LogP contribution in [-0.4, -0.2) is 113 Å². The number of morpholine rings is 2. The molecule has 6 aromatic rings. The van der Waals surface area contributed by atoms with Crippen LogP contribution in [0.25, 0.3) is 0 Å². The molecule has 6 aromatic carbocycles. The van der Waals surface area contributed by atoms with E-state index in [1.807, 2.05) is 97.1 Å². The Balaban J connectivity index is 0.000000257. The molecule has 4 saturated heterocycles. The first-order valence-corrected chi connectivity index (χ1v) is 27.7. The molecular formula is C64H74Cl2F4N6O7. The molecule has 13 nitrogen and oxygen atoms in total. The monoisotopic (exact) mass is 1180 g/mol. The third-order valence-corrected chi connectivity index (χ3v) is 16.0. The number of amides is 4. The van der Waals surface area contributed by atoms with Crippen molar-refractivity contribution in [3.05, 3.63) is 214 Å². The van der Waals surface area contributed by atoms with Gasteiger partial charge in [0.1, 0.15) is 24.4 Å². The summed E-state index contributed by atoms with van der Waals surface area (Å²) in [4.78, 5) is 59.2. The molecule has 4 atom stereocenters. The molecule has 4 amide bonds. The first-order valence-electron chi connectivity index (χ1n) is 27.7. The van der Waals surface area contributed by atoms with Crippen LogP contribution in [-0.2, 0) is 52.8 Å². The number of ether oxygens (including phenoxy) is 2. The fourth-order valence-electron chi connectivity index (χ4n) is 11.7. The quantitative estimate of drug-likeness (QED) is 0.0908. The van der Waals surface area contributed by atoms with E-state index in [2.05, 4.69) is 44.7 Å². The Morgan fingerprint density at radius 3 is 1.13 bits per heavy atom. The largest absolute Gasteiger partial charge is 0.412 e. The van der Waals surface area contributed by atoms with E-state index in [4.69, 9.17) is 9.47 Å². The van der Waals surface area contributed by atoms with E-state index in [1.54, 1.807) is 23.6 Å². The summed E-state index contributed by atoms with van der Waals surface area (Å²) in [7, 11) is 0. The zero-order valence-electron chi connectivity index (χ0n) is 46.7. The molecule has 0 bridgehead atoms. The van der Waals surface area contributed by atoms with Gasteiger partial charge in [0, 0.05) is 66.2 Å². The van der Waals surface area contributed by atoms with Crippen molar-refractivity contribution in [1.82, 2.24) is 30.2 Å². The molecule has 4 N–H and O–H groups in total. The molecule has 0 aromatic heterocycles. The minimum atomic E-state index is -0.932. The summed E-state index contributed by atoms with van der Waals surface area (Å²) in [5.41, 5.74) is 4.38. The Morgan fingerprint density at radius 2 is 0.819 bits per heavy atom. The molecule has 0 spiro atoms. The van der Waals surface area contributed by atoms with Crippen LogP contribution in [0.5, 0.6) is 0 Å². The number of carbonyl (C=O) groups is 4. The van der Waals surface area contributed by atoms with Crippen molar-refractivity contribution in [2.24, 2.45) is 0 Å². The molecule has 4 aliphatic heterocycles. The van der Waals surface area contributed by atoms with E-state index in [0.717, 1.165) is 98.4 Å². The molecule has 4 aliphatic rings. The number of hydrogen-bond acceptors (Lipinski definition) is 8. The lowest BCUT2D eigenvalue weighted by Gasteiger charge is -2.43. The number of halogens is 6. The molecule has 10 rings (SSSR count). The molecule has 444 valence electrons. The van der Waals surface area contributed by atoms with E-state index in [0.29, 0.717) is 50.1 Å². The van der Waals surface area contributed by atoms with Crippen molar-refractivity contribution in [2.45, 2.75) is 101 Å². The Labute approximate surface area is 495 Å². The van der Waals surface area contributed by atoms with E-state index in [-0.39, 0.29) is 67.0 Å². The van der Waals surface area contributed by atoms with E-state index < -0.39 is 58.8 Å². The van der Waals surface area contributed by atoms with E-state index in [1.165, 1.54) is 12.1 Å². The molecule has 4 unspecified atom stereocenters. The number of carbonyl (C=O) groups excluding carboxylic acids is 4. The van der Waals surface area contributed by atoms with Crippen LogP contribution in [0.4, 0.5) is 17.6 Å². The summed E-state index contributed by atoms with van der Waals surface area (Å²) in [6.07, 6.45) is 1.45. The van der Waals surface area contributed by atoms with Crippen molar-refractivity contribution < 1.29 is 51.7 Å². The van der Waals surface area contributed by atoms with Gasteiger partial charge in [0.05, 0.1) is 24.2 Å². The molecular weight excluding hydrogens is 1110 g/mol. The summed E-state index contributed by atoms with van der Waals surface area (Å²) in [6.45, 7) is 8.78. The second kappa shape index (κ2) is 30.2. The Kier molecular flexibility index (Phi) is 23.8. The standard InChI is InChI=1S/2C32H35F2N3O3.2ClH.H2O/c2*1-23(38)35-32(26-10-6-3-7-11-26)15-18-36(19-16-32)17-14-29-31(39)37(21-24-8-4-2-5-9-24)22-30(40-29)25-12-13-27(33)28(34)20-25;;;/h2*2-13,20,29-30H,14-19,21-22H2,1H3,(H,35,38);2*1H;1H2. The summed E-state index contributed by atoms with van der Waals surface area (Å²) in [5.74, 6) is -4.00. The van der Waals surface area contributed by atoms with Crippen molar-refractivity contribution in [3.63, 3.8) is 0 Å². The maximum atomic E-state index is 14.1. The molecule has 4 heterocycles. The minimum Gasteiger partial charge on any atom is -0.412 e. The van der Waals surface area contributed by atoms with Gasteiger partial charge in [-0.3, -0.25) is 19.2 Å². The highest BCUT2D eigenvalue weighted by molar-refractivity contribution is 5.86. The van der Waals surface area contributed by atoms with Gasteiger partial charge in [0.15, 0.2) is 23.3 Å². The second-order valence-corrected chi connectivity index (χ2v) is 21.5. The van der Waals surface area contributed by atoms with Gasteiger partial charge in [0.2, 0.25) is 11.8 Å². The molecule has 4 fully saturated rings. The molecule has 0 saturated carbocycles. The predicted octanol–water partition coefficient (Wildman–Crippen LogP) is 9.92. The maximum absolute atomic E-state index is 14.1. The molecule has 0 radical (unpaired) electrons. The van der Waals surface area contributed by atoms with Crippen LogP contribution >= 0.6 is 24.8 Å². The van der Waals surface area contributed by atoms with E-state index in [9.17, 15) is 36.7 Å². The summed E-state index contributed by atoms with van der Waals surface area (Å²) >= 11 is 0. The van der Waals surface area contributed by atoms with Crippen LogP contribution in [0.3, 0.4) is 0 Å². The van der Waals surface area contributed by atoms with Gasteiger partial charge in [0.25, 0.3) is 11.8 Å². The second-order valence-electron chi connectivity index (χ2n) is 21.5. The Hall–Kier alpha value is -6.70. The fourth-order valence-corrected chi connectivity index (χ4v) is 11.7. The Bertz CT molecular complexity index is 2850. The highest BCUT2D eigenvalue weighted by Gasteiger charge is 2.41. The van der Waals surface area contributed by atoms with Crippen LogP contribution in [0.2, 0.25) is 0 Å². The normalized spacial score (nSPS) is 20.5. The Morgan fingerprint density at radius 1 is 0.494 bits per heavy atom. The minimum absolute atomic E-state index is 0. The SMILES string of the molecule is CC(=O)NC1(c2ccccc2)CCN(CCC2OC(c3ccc(F)c(F)c3)CN(Cc3ccccc3)C2=O)CC1.CC(=O)NC1(c2ccccc2)CCN(CCC2OC(c3ccc(F)c(F)c3)CN(Cc3ccccc3)C2=O)CC1.Cl.Cl.O. The summed E-state index contributed by atoms with van der Waals surface area (Å²) in [6, 6.07) is 47.1. The van der Waals surface area contributed by atoms with Crippen molar-refractivity contribution in [3.8, 4) is 0 Å². The number of nitrogens with one attached hydrogen (secondary N) is 2. The van der Waals surface area contributed by atoms with Crippen LogP contribution < -0.4 is 10.6 Å². The third kappa shape index (κ3) is 16.8. The van der Waals surface area contributed by atoms with Crippen molar-refractivity contribution in [1.29, 1.82) is 0 Å². The summed E-state index contributed by atoms with van der Waals surface area (Å²) in [5, 5.41) is 6.40. The smallest absolute Gasteiger partial charge is 0.252 e. The van der Waals surface area contributed by atoms with Gasteiger partial charge in [-0.05, 0) is 96.2 Å². The summed E-state index contributed by atoms with van der Waals surface area (Å²) < 4.78 is 67.8. The van der Waals surface area contributed by atoms with Crippen LogP contribution in [0, 0.1) is 23.3 Å². The van der Waals surface area contributed by atoms with E-state index >= 15 is 0 Å². The van der Waals surface area contributed by atoms with Crippen LogP contribution in [0.15, 0.2) is 158 Å². The average Bonchev–Trinajstić information content (AvgIpc) is 3.62. The van der Waals surface area contributed by atoms with Gasteiger partial charge < -0.3 is 45.2 Å². The third-order valence-electron chi connectivity index (χ3n) is 16.0. The number of likely N-dealkylation sites (tertiary alicyclic amines) is 2. The number of nitrogens with zero attached hydrogens (tertiary/aromatic N) is 4. The maximum Gasteiger partial charge on any atom is 0.252 e. The topological polar surface area (TPSA) is 155 Å². The average molecular weight is 1190 g/mol. The van der Waals surface area contributed by atoms with Gasteiger partial charge in [-0.15, -0.1) is 24.8 Å². The lowest BCUT2D eigenvalue weighted by Crippen LogP contribution is -2.53. The number of rotatable bonds is 16.